The van der Waals surface area contributed by atoms with Crippen LogP contribution < -0.4 is 10.9 Å². The molecule has 0 saturated heterocycles. The lowest BCUT2D eigenvalue weighted by molar-refractivity contribution is -0.134. The molecule has 6 heteroatoms. The van der Waals surface area contributed by atoms with Gasteiger partial charge in [-0.05, 0) is 61.3 Å². The number of rotatable bonds is 3. The molecule has 1 aromatic heterocycles. The monoisotopic (exact) mass is 450 g/mol. The van der Waals surface area contributed by atoms with Crippen molar-refractivity contribution in [1.82, 2.24) is 20.3 Å². The van der Waals surface area contributed by atoms with Crippen LogP contribution in [0.15, 0.2) is 18.2 Å². The normalized spacial score (nSPS) is 21.6. The third-order valence-corrected chi connectivity index (χ3v) is 7.93. The predicted octanol–water partition coefficient (Wildman–Crippen LogP) is 4.58. The topological polar surface area (TPSA) is 66.4 Å². The second-order valence-corrected chi connectivity index (χ2v) is 11.3. The number of aryl methyl sites for hydroxylation is 1. The molecular formula is C27H38N4O2. The van der Waals surface area contributed by atoms with E-state index in [1.165, 1.54) is 59.8 Å². The van der Waals surface area contributed by atoms with Gasteiger partial charge in [0.2, 0.25) is 5.91 Å². The Morgan fingerprint density at radius 1 is 1.00 bits per heavy atom. The molecule has 2 aliphatic carbocycles. The molecule has 2 heterocycles. The van der Waals surface area contributed by atoms with Crippen molar-refractivity contribution in [3.8, 4) is 0 Å². The minimum absolute atomic E-state index is 0.149. The standard InChI is InChI=1S/C27H38N4O2/c1-27(2,3)26(33)29-28-24(32)17-30-14-15-31-22-13-12-19(18-8-5-4-6-9-18)16-21(22)20-10-7-11-23(30)25(20)31/h12-13,16,18,23H,4-11,14-15,17H2,1-3H3,(H,28,32)(H,29,33)/t23-/m1/s1. The fourth-order valence-electron chi connectivity index (χ4n) is 6.11. The smallest absolute Gasteiger partial charge is 0.252 e. The summed E-state index contributed by atoms with van der Waals surface area (Å²) in [5.74, 6) is 0.391. The first-order valence-corrected chi connectivity index (χ1v) is 12.8. The van der Waals surface area contributed by atoms with E-state index in [2.05, 4.69) is 38.5 Å². The van der Waals surface area contributed by atoms with Gasteiger partial charge in [0.05, 0.1) is 12.6 Å². The van der Waals surface area contributed by atoms with Crippen LogP contribution in [0.4, 0.5) is 0 Å². The zero-order valence-corrected chi connectivity index (χ0v) is 20.4. The molecule has 0 spiro atoms. The molecule has 2 amide bonds. The van der Waals surface area contributed by atoms with Crippen molar-refractivity contribution in [2.24, 2.45) is 5.41 Å². The summed E-state index contributed by atoms with van der Waals surface area (Å²) in [5.41, 5.74) is 10.5. The van der Waals surface area contributed by atoms with E-state index < -0.39 is 5.41 Å². The van der Waals surface area contributed by atoms with Crippen molar-refractivity contribution in [1.29, 1.82) is 0 Å². The molecule has 0 unspecified atom stereocenters. The molecule has 1 fully saturated rings. The van der Waals surface area contributed by atoms with Gasteiger partial charge in [0, 0.05) is 35.1 Å². The maximum atomic E-state index is 12.6. The van der Waals surface area contributed by atoms with E-state index in [4.69, 9.17) is 0 Å². The quantitative estimate of drug-likeness (QED) is 0.673. The number of nitrogens with one attached hydrogen (secondary N) is 2. The number of aromatic nitrogens is 1. The lowest BCUT2D eigenvalue weighted by atomic mass is 9.83. The van der Waals surface area contributed by atoms with Crippen LogP contribution in [0.25, 0.3) is 10.9 Å². The molecule has 1 saturated carbocycles. The van der Waals surface area contributed by atoms with Gasteiger partial charge in [-0.2, -0.15) is 0 Å². The minimum atomic E-state index is -0.534. The molecule has 2 aromatic rings. The maximum absolute atomic E-state index is 12.6. The van der Waals surface area contributed by atoms with Gasteiger partial charge in [0.25, 0.3) is 5.91 Å². The summed E-state index contributed by atoms with van der Waals surface area (Å²) in [6, 6.07) is 7.50. The molecule has 0 radical (unpaired) electrons. The maximum Gasteiger partial charge on any atom is 0.252 e. The average Bonchev–Trinajstić information content (AvgIpc) is 3.13. The van der Waals surface area contributed by atoms with E-state index >= 15 is 0 Å². The van der Waals surface area contributed by atoms with Crippen molar-refractivity contribution in [3.05, 3.63) is 35.0 Å². The first-order chi connectivity index (χ1) is 15.8. The van der Waals surface area contributed by atoms with Gasteiger partial charge in [-0.15, -0.1) is 0 Å². The number of fused-ring (bicyclic) bond motifs is 3. The van der Waals surface area contributed by atoms with Crippen LogP contribution in [0.5, 0.6) is 0 Å². The van der Waals surface area contributed by atoms with Gasteiger partial charge < -0.3 is 4.57 Å². The third-order valence-electron chi connectivity index (χ3n) is 7.93. The molecule has 6 nitrogen and oxygen atoms in total. The van der Waals surface area contributed by atoms with Crippen molar-refractivity contribution >= 4 is 22.7 Å². The number of amides is 2. The Kier molecular flexibility index (Phi) is 5.98. The van der Waals surface area contributed by atoms with Crippen molar-refractivity contribution in [2.75, 3.05) is 13.1 Å². The van der Waals surface area contributed by atoms with E-state index in [-0.39, 0.29) is 17.9 Å². The summed E-state index contributed by atoms with van der Waals surface area (Å²) in [6.45, 7) is 7.57. The summed E-state index contributed by atoms with van der Waals surface area (Å²) in [5, 5.41) is 1.45. The SMILES string of the molecule is CC(C)(C)C(=O)NNC(=O)CN1CCn2c3c(c4cc(C5CCCCC5)ccc42)CCC[C@H]31. The Labute approximate surface area is 197 Å². The summed E-state index contributed by atoms with van der Waals surface area (Å²) >= 11 is 0. The van der Waals surface area contributed by atoms with Crippen LogP contribution >= 0.6 is 0 Å². The number of nitrogens with zero attached hydrogens (tertiary/aromatic N) is 2. The highest BCUT2D eigenvalue weighted by molar-refractivity contribution is 5.88. The van der Waals surface area contributed by atoms with Crippen molar-refractivity contribution < 1.29 is 9.59 Å². The molecule has 1 atom stereocenters. The first kappa shape index (κ1) is 22.5. The summed E-state index contributed by atoms with van der Waals surface area (Å²) in [6.07, 6.45) is 10.1. The Balaban J connectivity index is 1.36. The van der Waals surface area contributed by atoms with Crippen LogP contribution in [-0.2, 0) is 22.6 Å². The molecule has 33 heavy (non-hydrogen) atoms. The summed E-state index contributed by atoms with van der Waals surface area (Å²) in [4.78, 5) is 27.0. The van der Waals surface area contributed by atoms with E-state index in [1.54, 1.807) is 0 Å². The number of carbonyl (C=O) groups is 2. The van der Waals surface area contributed by atoms with Gasteiger partial charge in [-0.1, -0.05) is 46.1 Å². The first-order valence-electron chi connectivity index (χ1n) is 12.8. The summed E-state index contributed by atoms with van der Waals surface area (Å²) < 4.78 is 2.52. The number of hydrazine groups is 1. The molecule has 2 N–H and O–H groups in total. The zero-order chi connectivity index (χ0) is 23.2. The third kappa shape index (κ3) is 4.30. The molecule has 0 bridgehead atoms. The van der Waals surface area contributed by atoms with E-state index in [0.29, 0.717) is 6.54 Å². The molecule has 178 valence electrons. The Hall–Kier alpha value is -2.34. The minimum Gasteiger partial charge on any atom is -0.342 e. The van der Waals surface area contributed by atoms with Gasteiger partial charge >= 0.3 is 0 Å². The number of hydrogen-bond donors (Lipinski definition) is 2. The van der Waals surface area contributed by atoms with Crippen LogP contribution in [0, 0.1) is 5.41 Å². The Morgan fingerprint density at radius 3 is 2.55 bits per heavy atom. The molecule has 1 aliphatic heterocycles. The number of hydrogen-bond acceptors (Lipinski definition) is 3. The highest BCUT2D eigenvalue weighted by Gasteiger charge is 2.36. The van der Waals surface area contributed by atoms with Crippen LogP contribution in [0.3, 0.4) is 0 Å². The van der Waals surface area contributed by atoms with Crippen molar-refractivity contribution in [2.45, 2.75) is 90.6 Å². The zero-order valence-electron chi connectivity index (χ0n) is 20.4. The van der Waals surface area contributed by atoms with Crippen LogP contribution in [0.1, 0.15) is 94.5 Å². The van der Waals surface area contributed by atoms with E-state index in [9.17, 15) is 9.59 Å². The molecular weight excluding hydrogens is 412 g/mol. The van der Waals surface area contributed by atoms with Gasteiger partial charge in [0.15, 0.2) is 0 Å². The average molecular weight is 451 g/mol. The second-order valence-electron chi connectivity index (χ2n) is 11.3. The molecule has 5 rings (SSSR count). The highest BCUT2D eigenvalue weighted by atomic mass is 16.2. The molecule has 3 aliphatic rings. The number of carbonyl (C=O) groups excluding carboxylic acids is 2. The number of benzene rings is 1. The van der Waals surface area contributed by atoms with Crippen LogP contribution in [0.2, 0.25) is 0 Å². The highest BCUT2D eigenvalue weighted by Crippen LogP contribution is 2.44. The molecule has 1 aromatic carbocycles. The summed E-state index contributed by atoms with van der Waals surface area (Å²) in [7, 11) is 0. The fourth-order valence-corrected chi connectivity index (χ4v) is 6.11. The Bertz CT molecular complexity index is 1060. The van der Waals surface area contributed by atoms with Gasteiger partial charge in [0.1, 0.15) is 0 Å². The predicted molar refractivity (Wildman–Crippen MR) is 131 cm³/mol. The lowest BCUT2D eigenvalue weighted by Crippen LogP contribution is -2.51. The fraction of sp³-hybridized carbons (Fsp3) is 0.630. The van der Waals surface area contributed by atoms with Crippen LogP contribution in [-0.4, -0.2) is 34.4 Å². The van der Waals surface area contributed by atoms with Gasteiger partial charge in [-0.25, -0.2) is 0 Å². The van der Waals surface area contributed by atoms with E-state index in [0.717, 1.165) is 38.3 Å². The van der Waals surface area contributed by atoms with Gasteiger partial charge in [-0.3, -0.25) is 25.3 Å². The second kappa shape index (κ2) is 8.79. The Morgan fingerprint density at radius 2 is 1.79 bits per heavy atom. The largest absolute Gasteiger partial charge is 0.342 e. The van der Waals surface area contributed by atoms with E-state index in [1.807, 2.05) is 20.8 Å². The van der Waals surface area contributed by atoms with Crippen molar-refractivity contribution in [3.63, 3.8) is 0 Å². The lowest BCUT2D eigenvalue weighted by Gasteiger charge is -2.39.